The fraction of sp³-hybridized carbons (Fsp3) is 0.222. The third kappa shape index (κ3) is 5.31. The average molecular weight is 344 g/mol. The van der Waals surface area contributed by atoms with E-state index >= 15 is 0 Å². The van der Waals surface area contributed by atoms with E-state index in [0.717, 1.165) is 11.3 Å². The van der Waals surface area contributed by atoms with Crippen molar-refractivity contribution in [3.63, 3.8) is 0 Å². The van der Waals surface area contributed by atoms with Crippen molar-refractivity contribution in [2.24, 2.45) is 0 Å². The summed E-state index contributed by atoms with van der Waals surface area (Å²) in [7, 11) is 0. The number of aryl methyl sites for hydroxylation is 1. The lowest BCUT2D eigenvalue weighted by Crippen LogP contribution is -2.43. The van der Waals surface area contributed by atoms with Crippen molar-refractivity contribution in [1.29, 1.82) is 0 Å². The number of ether oxygens (including phenoxy) is 1. The Balaban J connectivity index is 1.76. The summed E-state index contributed by atoms with van der Waals surface area (Å²) in [6.07, 6.45) is 2.91. The van der Waals surface area contributed by atoms with Gasteiger partial charge in [0.25, 0.3) is 11.8 Å². The molecule has 2 rings (SSSR count). The van der Waals surface area contributed by atoms with Crippen molar-refractivity contribution in [2.45, 2.75) is 18.2 Å². The predicted octanol–water partition coefficient (Wildman–Crippen LogP) is 2.81. The summed E-state index contributed by atoms with van der Waals surface area (Å²) in [6.45, 7) is 1.90. The van der Waals surface area contributed by atoms with Crippen LogP contribution in [0.4, 0.5) is 0 Å². The average Bonchev–Trinajstić information content (AvgIpc) is 2.64. The first-order valence-corrected chi connectivity index (χ1v) is 8.80. The molecule has 2 N–H and O–H groups in total. The molecule has 0 unspecified atom stereocenters. The second-order valence-electron chi connectivity index (χ2n) is 5.02. The Hall–Kier alpha value is -2.47. The molecule has 2 aromatic rings. The topological polar surface area (TPSA) is 67.4 Å². The molecule has 24 heavy (non-hydrogen) atoms. The zero-order valence-corrected chi connectivity index (χ0v) is 14.5. The van der Waals surface area contributed by atoms with Gasteiger partial charge < -0.3 is 4.74 Å². The summed E-state index contributed by atoms with van der Waals surface area (Å²) in [6, 6.07) is 14.7. The molecule has 5 nitrogen and oxygen atoms in total. The Labute approximate surface area is 145 Å². The molecule has 0 aromatic heterocycles. The van der Waals surface area contributed by atoms with Crippen molar-refractivity contribution in [3.8, 4) is 5.75 Å². The maximum atomic E-state index is 11.9. The lowest BCUT2D eigenvalue weighted by atomic mass is 10.2. The van der Waals surface area contributed by atoms with Crippen molar-refractivity contribution in [2.75, 3.05) is 12.9 Å². The van der Waals surface area contributed by atoms with E-state index in [1.807, 2.05) is 42.7 Å². The number of carbonyl (C=O) groups is 2. The van der Waals surface area contributed by atoms with Crippen LogP contribution >= 0.6 is 11.8 Å². The second-order valence-corrected chi connectivity index (χ2v) is 5.90. The molecule has 0 aliphatic carbocycles. The van der Waals surface area contributed by atoms with Crippen LogP contribution in [0.1, 0.15) is 22.8 Å². The highest BCUT2D eigenvalue weighted by Crippen LogP contribution is 2.14. The van der Waals surface area contributed by atoms with Crippen LogP contribution in [0.5, 0.6) is 5.75 Å². The fourth-order valence-electron chi connectivity index (χ4n) is 1.95. The number of hydrazine groups is 1. The van der Waals surface area contributed by atoms with Gasteiger partial charge in [-0.1, -0.05) is 19.1 Å². The van der Waals surface area contributed by atoms with Crippen molar-refractivity contribution < 1.29 is 14.3 Å². The molecule has 0 saturated heterocycles. The highest BCUT2D eigenvalue weighted by atomic mass is 32.2. The molecule has 126 valence electrons. The number of benzene rings is 2. The predicted molar refractivity (Wildman–Crippen MR) is 95.1 cm³/mol. The summed E-state index contributed by atoms with van der Waals surface area (Å²) in [5.74, 6) is -0.187. The monoisotopic (exact) mass is 344 g/mol. The largest absolute Gasteiger partial charge is 0.484 e. The van der Waals surface area contributed by atoms with Gasteiger partial charge in [0.2, 0.25) is 0 Å². The number of rotatable bonds is 6. The molecule has 0 aliphatic rings. The SMILES string of the molecule is CCc1ccc(OCC(=O)NNC(=O)c2ccc(SC)cc2)cc1. The molecule has 0 spiro atoms. The van der Waals surface area contributed by atoms with E-state index in [1.54, 1.807) is 23.9 Å². The van der Waals surface area contributed by atoms with E-state index in [0.29, 0.717) is 11.3 Å². The van der Waals surface area contributed by atoms with E-state index in [2.05, 4.69) is 17.8 Å². The molecule has 0 bridgehead atoms. The molecular weight excluding hydrogens is 324 g/mol. The second kappa shape index (κ2) is 8.98. The highest BCUT2D eigenvalue weighted by molar-refractivity contribution is 7.98. The van der Waals surface area contributed by atoms with Crippen LogP contribution in [0.3, 0.4) is 0 Å². The van der Waals surface area contributed by atoms with Crippen LogP contribution in [0.2, 0.25) is 0 Å². The van der Waals surface area contributed by atoms with Gasteiger partial charge in [0.05, 0.1) is 0 Å². The third-order valence-electron chi connectivity index (χ3n) is 3.37. The van der Waals surface area contributed by atoms with Gasteiger partial charge in [0, 0.05) is 10.5 Å². The van der Waals surface area contributed by atoms with Crippen LogP contribution in [0, 0.1) is 0 Å². The molecule has 0 heterocycles. The molecular formula is C18H20N2O3S. The first-order chi connectivity index (χ1) is 11.6. The first-order valence-electron chi connectivity index (χ1n) is 7.57. The summed E-state index contributed by atoms with van der Waals surface area (Å²) in [5, 5.41) is 0. The molecule has 2 aromatic carbocycles. The van der Waals surface area contributed by atoms with Gasteiger partial charge in [0.1, 0.15) is 5.75 Å². The number of carbonyl (C=O) groups excluding carboxylic acids is 2. The van der Waals surface area contributed by atoms with Gasteiger partial charge in [-0.3, -0.25) is 20.4 Å². The summed E-state index contributed by atoms with van der Waals surface area (Å²) in [5.41, 5.74) is 6.38. The van der Waals surface area contributed by atoms with Crippen LogP contribution < -0.4 is 15.6 Å². The smallest absolute Gasteiger partial charge is 0.276 e. The van der Waals surface area contributed by atoms with Crippen molar-refractivity contribution >= 4 is 23.6 Å². The quantitative estimate of drug-likeness (QED) is 0.625. The normalized spacial score (nSPS) is 10.1. The lowest BCUT2D eigenvalue weighted by Gasteiger charge is -2.09. The molecule has 0 aliphatic heterocycles. The van der Waals surface area contributed by atoms with Gasteiger partial charge in [-0.2, -0.15) is 0 Å². The standard InChI is InChI=1S/C18H20N2O3S/c1-3-13-4-8-15(9-5-13)23-12-17(21)19-20-18(22)14-6-10-16(24-2)11-7-14/h4-11H,3,12H2,1-2H3,(H,19,21)(H,20,22). The van der Waals surface area contributed by atoms with Crippen LogP contribution in [0.15, 0.2) is 53.4 Å². The maximum Gasteiger partial charge on any atom is 0.276 e. The number of hydrogen-bond donors (Lipinski definition) is 2. The Bertz CT molecular complexity index is 684. The first kappa shape index (κ1) is 17.9. The molecule has 2 amide bonds. The van der Waals surface area contributed by atoms with Crippen LogP contribution in [-0.2, 0) is 11.2 Å². The van der Waals surface area contributed by atoms with E-state index in [4.69, 9.17) is 4.74 Å². The number of thioether (sulfide) groups is 1. The van der Waals surface area contributed by atoms with Gasteiger partial charge in [0.15, 0.2) is 6.61 Å². The molecule has 0 radical (unpaired) electrons. The Morgan fingerprint density at radius 1 is 1.00 bits per heavy atom. The third-order valence-corrected chi connectivity index (χ3v) is 4.11. The van der Waals surface area contributed by atoms with Gasteiger partial charge >= 0.3 is 0 Å². The van der Waals surface area contributed by atoms with E-state index in [9.17, 15) is 9.59 Å². The fourth-order valence-corrected chi connectivity index (χ4v) is 2.36. The van der Waals surface area contributed by atoms with E-state index < -0.39 is 5.91 Å². The molecule has 0 atom stereocenters. The summed E-state index contributed by atoms with van der Waals surface area (Å²) >= 11 is 1.60. The Morgan fingerprint density at radius 2 is 1.67 bits per heavy atom. The van der Waals surface area contributed by atoms with Gasteiger partial charge in [-0.05, 0) is 54.6 Å². The Kier molecular flexibility index (Phi) is 6.69. The highest BCUT2D eigenvalue weighted by Gasteiger charge is 2.08. The number of nitrogens with one attached hydrogen (secondary N) is 2. The molecule has 0 fully saturated rings. The lowest BCUT2D eigenvalue weighted by molar-refractivity contribution is -0.123. The van der Waals surface area contributed by atoms with Gasteiger partial charge in [-0.15, -0.1) is 11.8 Å². The number of hydrogen-bond acceptors (Lipinski definition) is 4. The van der Waals surface area contributed by atoms with Crippen molar-refractivity contribution in [1.82, 2.24) is 10.9 Å². The maximum absolute atomic E-state index is 11.9. The van der Waals surface area contributed by atoms with Crippen LogP contribution in [0.25, 0.3) is 0 Å². The summed E-state index contributed by atoms with van der Waals surface area (Å²) < 4.78 is 5.37. The minimum Gasteiger partial charge on any atom is -0.484 e. The minimum absolute atomic E-state index is 0.169. The zero-order valence-electron chi connectivity index (χ0n) is 13.7. The van der Waals surface area contributed by atoms with E-state index in [1.165, 1.54) is 5.56 Å². The minimum atomic E-state index is -0.427. The summed E-state index contributed by atoms with van der Waals surface area (Å²) in [4.78, 5) is 24.7. The van der Waals surface area contributed by atoms with Crippen molar-refractivity contribution in [3.05, 3.63) is 59.7 Å². The zero-order chi connectivity index (χ0) is 17.4. The van der Waals surface area contributed by atoms with Gasteiger partial charge in [-0.25, -0.2) is 0 Å². The van der Waals surface area contributed by atoms with E-state index in [-0.39, 0.29) is 12.5 Å². The van der Waals surface area contributed by atoms with Crippen LogP contribution in [-0.4, -0.2) is 24.7 Å². The molecule has 6 heteroatoms. The molecule has 0 saturated carbocycles. The Morgan fingerprint density at radius 3 is 2.25 bits per heavy atom. The number of amides is 2.